The summed E-state index contributed by atoms with van der Waals surface area (Å²) < 4.78 is 0. The van der Waals surface area contributed by atoms with Crippen molar-refractivity contribution in [2.24, 2.45) is 11.1 Å². The average molecular weight is 220 g/mol. The number of amides is 1. The van der Waals surface area contributed by atoms with Gasteiger partial charge in [0.15, 0.2) is 0 Å². The Bertz CT molecular complexity index is 425. The Hall–Kier alpha value is -1.55. The number of hydrogen-bond acceptors (Lipinski definition) is 3. The second kappa shape index (κ2) is 3.79. The first-order valence-electron chi connectivity index (χ1n) is 5.39. The molecule has 0 bridgehead atoms. The number of rotatable bonds is 3. The van der Waals surface area contributed by atoms with Crippen molar-refractivity contribution in [1.29, 1.82) is 0 Å². The normalized spacial score (nSPS) is 16.9. The molecule has 1 aromatic rings. The van der Waals surface area contributed by atoms with Crippen LogP contribution < -0.4 is 11.1 Å². The highest BCUT2D eigenvalue weighted by molar-refractivity contribution is 5.98. The van der Waals surface area contributed by atoms with Crippen LogP contribution in [0.5, 0.6) is 5.75 Å². The molecule has 1 saturated carbocycles. The van der Waals surface area contributed by atoms with Gasteiger partial charge in [-0.3, -0.25) is 4.79 Å². The second-order valence-corrected chi connectivity index (χ2v) is 4.41. The lowest BCUT2D eigenvalue weighted by atomic mass is 10.1. The minimum absolute atomic E-state index is 0.0871. The molecule has 0 aromatic heterocycles. The number of nitrogens with one attached hydrogen (secondary N) is 1. The van der Waals surface area contributed by atoms with Crippen molar-refractivity contribution < 1.29 is 9.90 Å². The van der Waals surface area contributed by atoms with Crippen molar-refractivity contribution in [3.8, 4) is 5.75 Å². The van der Waals surface area contributed by atoms with E-state index in [1.807, 2.05) is 0 Å². The highest BCUT2D eigenvalue weighted by atomic mass is 16.3. The predicted molar refractivity (Wildman–Crippen MR) is 62.2 cm³/mol. The van der Waals surface area contributed by atoms with E-state index in [1.165, 1.54) is 0 Å². The number of carbonyl (C=O) groups is 1. The Labute approximate surface area is 94.5 Å². The number of benzene rings is 1. The van der Waals surface area contributed by atoms with E-state index in [0.29, 0.717) is 12.2 Å². The number of phenolic OH excluding ortho intramolecular Hbond substituents is 1. The highest BCUT2D eigenvalue weighted by Gasteiger charge is 2.48. The first-order valence-corrected chi connectivity index (χ1v) is 5.39. The molecular weight excluding hydrogens is 204 g/mol. The van der Waals surface area contributed by atoms with Crippen LogP contribution in [0, 0.1) is 12.3 Å². The van der Waals surface area contributed by atoms with Gasteiger partial charge in [-0.1, -0.05) is 12.1 Å². The molecule has 1 amide bonds. The van der Waals surface area contributed by atoms with Crippen molar-refractivity contribution >= 4 is 11.6 Å². The van der Waals surface area contributed by atoms with Gasteiger partial charge in [0.25, 0.3) is 0 Å². The summed E-state index contributed by atoms with van der Waals surface area (Å²) in [6, 6.07) is 5.28. The van der Waals surface area contributed by atoms with Gasteiger partial charge in [-0.25, -0.2) is 0 Å². The number of anilines is 1. The van der Waals surface area contributed by atoms with E-state index < -0.39 is 5.41 Å². The molecule has 0 spiro atoms. The molecule has 1 aliphatic rings. The molecule has 4 heteroatoms. The lowest BCUT2D eigenvalue weighted by molar-refractivity contribution is -0.120. The molecule has 1 aromatic carbocycles. The van der Waals surface area contributed by atoms with Crippen molar-refractivity contribution in [2.45, 2.75) is 19.8 Å². The van der Waals surface area contributed by atoms with Crippen LogP contribution in [-0.2, 0) is 4.79 Å². The van der Waals surface area contributed by atoms with Crippen LogP contribution in [0.25, 0.3) is 0 Å². The molecule has 0 unspecified atom stereocenters. The number of phenols is 1. The Balaban J connectivity index is 2.15. The Morgan fingerprint density at radius 2 is 2.25 bits per heavy atom. The molecule has 4 N–H and O–H groups in total. The highest BCUT2D eigenvalue weighted by Crippen LogP contribution is 2.45. The number of aromatic hydroxyl groups is 1. The number of carbonyl (C=O) groups excluding carboxylic acids is 1. The fraction of sp³-hybridized carbons (Fsp3) is 0.417. The van der Waals surface area contributed by atoms with E-state index in [2.05, 4.69) is 5.32 Å². The first kappa shape index (κ1) is 11.0. The minimum atomic E-state index is -0.393. The van der Waals surface area contributed by atoms with Gasteiger partial charge in [0.2, 0.25) is 5.91 Å². The largest absolute Gasteiger partial charge is 0.505 e. The van der Waals surface area contributed by atoms with Crippen LogP contribution >= 0.6 is 0 Å². The monoisotopic (exact) mass is 220 g/mol. The number of para-hydroxylation sites is 1. The van der Waals surface area contributed by atoms with Gasteiger partial charge in [-0.05, 0) is 31.4 Å². The zero-order valence-corrected chi connectivity index (χ0v) is 9.29. The molecule has 1 aliphatic carbocycles. The Morgan fingerprint density at radius 3 is 2.81 bits per heavy atom. The topological polar surface area (TPSA) is 75.4 Å². The van der Waals surface area contributed by atoms with Crippen LogP contribution in [0.1, 0.15) is 18.4 Å². The smallest absolute Gasteiger partial charge is 0.231 e. The van der Waals surface area contributed by atoms with E-state index in [-0.39, 0.29) is 11.7 Å². The number of hydrogen-bond donors (Lipinski definition) is 3. The van der Waals surface area contributed by atoms with Crippen LogP contribution in [0.15, 0.2) is 18.2 Å². The third-order valence-electron chi connectivity index (χ3n) is 3.21. The van der Waals surface area contributed by atoms with Crippen molar-refractivity contribution in [2.75, 3.05) is 11.9 Å². The maximum Gasteiger partial charge on any atom is 0.231 e. The maximum absolute atomic E-state index is 11.9. The second-order valence-electron chi connectivity index (χ2n) is 4.41. The number of aryl methyl sites for hydroxylation is 1. The Morgan fingerprint density at radius 1 is 1.56 bits per heavy atom. The third-order valence-corrected chi connectivity index (χ3v) is 3.21. The molecular formula is C12H16N2O2. The van der Waals surface area contributed by atoms with E-state index in [9.17, 15) is 9.90 Å². The van der Waals surface area contributed by atoms with Gasteiger partial charge < -0.3 is 16.2 Å². The SMILES string of the molecule is Cc1cccc(NC(=O)C2(CN)CC2)c1O. The average Bonchev–Trinajstić information content (AvgIpc) is 3.05. The lowest BCUT2D eigenvalue weighted by Crippen LogP contribution is -2.30. The molecule has 86 valence electrons. The van der Waals surface area contributed by atoms with Crippen LogP contribution in [-0.4, -0.2) is 17.6 Å². The van der Waals surface area contributed by atoms with Gasteiger partial charge in [0.05, 0.1) is 11.1 Å². The van der Waals surface area contributed by atoms with Crippen LogP contribution in [0.4, 0.5) is 5.69 Å². The van der Waals surface area contributed by atoms with Crippen LogP contribution in [0.2, 0.25) is 0 Å². The third kappa shape index (κ3) is 1.76. The summed E-state index contributed by atoms with van der Waals surface area (Å²) in [5.41, 5.74) is 6.38. The number of nitrogens with two attached hydrogens (primary N) is 1. The van der Waals surface area contributed by atoms with Crippen molar-refractivity contribution in [3.05, 3.63) is 23.8 Å². The van der Waals surface area contributed by atoms with Crippen LogP contribution in [0.3, 0.4) is 0 Å². The quantitative estimate of drug-likeness (QED) is 0.673. The molecule has 0 heterocycles. The summed E-state index contributed by atoms with van der Waals surface area (Å²) in [5.74, 6) is 0.0413. The minimum Gasteiger partial charge on any atom is -0.505 e. The predicted octanol–water partition coefficient (Wildman–Crippen LogP) is 1.38. The maximum atomic E-state index is 11.9. The first-order chi connectivity index (χ1) is 7.59. The van der Waals surface area contributed by atoms with Gasteiger partial charge >= 0.3 is 0 Å². The van der Waals surface area contributed by atoms with Crippen molar-refractivity contribution in [1.82, 2.24) is 0 Å². The molecule has 0 saturated heterocycles. The van der Waals surface area contributed by atoms with E-state index in [1.54, 1.807) is 25.1 Å². The summed E-state index contributed by atoms with van der Waals surface area (Å²) in [5, 5.41) is 12.5. The van der Waals surface area contributed by atoms with Gasteiger partial charge in [-0.2, -0.15) is 0 Å². The summed E-state index contributed by atoms with van der Waals surface area (Å²) in [6.45, 7) is 2.16. The van der Waals surface area contributed by atoms with Crippen molar-refractivity contribution in [3.63, 3.8) is 0 Å². The molecule has 1 fully saturated rings. The fourth-order valence-electron chi connectivity index (χ4n) is 1.69. The molecule has 0 radical (unpaired) electrons. The van der Waals surface area contributed by atoms with E-state index >= 15 is 0 Å². The molecule has 4 nitrogen and oxygen atoms in total. The van der Waals surface area contributed by atoms with Gasteiger partial charge in [-0.15, -0.1) is 0 Å². The summed E-state index contributed by atoms with van der Waals surface area (Å²) in [7, 11) is 0. The fourth-order valence-corrected chi connectivity index (χ4v) is 1.69. The summed E-state index contributed by atoms with van der Waals surface area (Å²) in [4.78, 5) is 11.9. The summed E-state index contributed by atoms with van der Waals surface area (Å²) >= 11 is 0. The zero-order chi connectivity index (χ0) is 11.8. The zero-order valence-electron chi connectivity index (χ0n) is 9.29. The summed E-state index contributed by atoms with van der Waals surface area (Å²) in [6.07, 6.45) is 1.67. The van der Waals surface area contributed by atoms with Gasteiger partial charge in [0.1, 0.15) is 5.75 Å². The molecule has 0 atom stereocenters. The van der Waals surface area contributed by atoms with E-state index in [0.717, 1.165) is 18.4 Å². The molecule has 0 aliphatic heterocycles. The van der Waals surface area contributed by atoms with Gasteiger partial charge in [0, 0.05) is 6.54 Å². The standard InChI is InChI=1S/C12H16N2O2/c1-8-3-2-4-9(10(8)15)14-11(16)12(7-13)5-6-12/h2-4,15H,5-7,13H2,1H3,(H,14,16). The Kier molecular flexibility index (Phi) is 2.59. The molecule has 2 rings (SSSR count). The van der Waals surface area contributed by atoms with E-state index in [4.69, 9.17) is 5.73 Å². The molecule has 16 heavy (non-hydrogen) atoms. The lowest BCUT2D eigenvalue weighted by Gasteiger charge is -2.14.